The summed E-state index contributed by atoms with van der Waals surface area (Å²) in [6.07, 6.45) is 2.15. The van der Waals surface area contributed by atoms with E-state index in [0.717, 1.165) is 19.4 Å². The lowest BCUT2D eigenvalue weighted by Gasteiger charge is -2.41. The van der Waals surface area contributed by atoms with Gasteiger partial charge in [0.25, 0.3) is 0 Å². The Kier molecular flexibility index (Phi) is 6.27. The van der Waals surface area contributed by atoms with Crippen LogP contribution in [0.4, 0.5) is 0 Å². The molecule has 0 aromatic heterocycles. The van der Waals surface area contributed by atoms with E-state index in [1.54, 1.807) is 4.31 Å². The van der Waals surface area contributed by atoms with E-state index in [2.05, 4.69) is 26.1 Å². The molecule has 1 fully saturated rings. The molecule has 1 heterocycles. The number of rotatable bonds is 6. The van der Waals surface area contributed by atoms with E-state index in [4.69, 9.17) is 0 Å². The van der Waals surface area contributed by atoms with Crippen molar-refractivity contribution in [3.05, 3.63) is 0 Å². The first-order chi connectivity index (χ1) is 8.80. The Hall–Kier alpha value is -0.130. The molecule has 0 radical (unpaired) electrons. The van der Waals surface area contributed by atoms with Crippen LogP contribution >= 0.6 is 0 Å². The Morgan fingerprint density at radius 1 is 1.32 bits per heavy atom. The average Bonchev–Trinajstić information content (AvgIpc) is 2.33. The Balaban J connectivity index is 2.74. The predicted molar refractivity (Wildman–Crippen MR) is 80.7 cm³/mol. The second-order valence-electron chi connectivity index (χ2n) is 6.19. The highest BCUT2D eigenvalue weighted by molar-refractivity contribution is 7.89. The van der Waals surface area contributed by atoms with Crippen LogP contribution in [0.3, 0.4) is 0 Å². The first kappa shape index (κ1) is 16.9. The van der Waals surface area contributed by atoms with Crippen LogP contribution in [-0.4, -0.2) is 43.6 Å². The predicted octanol–water partition coefficient (Wildman–Crippen LogP) is 2.07. The number of hydrogen-bond donors (Lipinski definition) is 1. The maximum atomic E-state index is 12.7. The SMILES string of the molecule is CCCNCC(C)S(=O)(=O)N1CC(C)CC(C)C1C. The van der Waals surface area contributed by atoms with Crippen molar-refractivity contribution in [2.75, 3.05) is 19.6 Å². The van der Waals surface area contributed by atoms with Crippen molar-refractivity contribution in [3.63, 3.8) is 0 Å². The van der Waals surface area contributed by atoms with Crippen LogP contribution in [0.5, 0.6) is 0 Å². The van der Waals surface area contributed by atoms with Crippen molar-refractivity contribution >= 4 is 10.0 Å². The van der Waals surface area contributed by atoms with Gasteiger partial charge in [-0.2, -0.15) is 4.31 Å². The molecule has 4 atom stereocenters. The van der Waals surface area contributed by atoms with Gasteiger partial charge in [-0.3, -0.25) is 0 Å². The second-order valence-corrected chi connectivity index (χ2v) is 8.49. The zero-order valence-corrected chi connectivity index (χ0v) is 13.8. The summed E-state index contributed by atoms with van der Waals surface area (Å²) in [6, 6.07) is 0.120. The molecular formula is C14H30N2O2S. The first-order valence-electron chi connectivity index (χ1n) is 7.52. The molecule has 0 aromatic rings. The molecule has 0 aliphatic carbocycles. The maximum absolute atomic E-state index is 12.7. The van der Waals surface area contributed by atoms with Crippen LogP contribution in [0.25, 0.3) is 0 Å². The quantitative estimate of drug-likeness (QED) is 0.762. The van der Waals surface area contributed by atoms with E-state index in [0.29, 0.717) is 24.9 Å². The maximum Gasteiger partial charge on any atom is 0.218 e. The minimum Gasteiger partial charge on any atom is -0.315 e. The van der Waals surface area contributed by atoms with Gasteiger partial charge >= 0.3 is 0 Å². The zero-order chi connectivity index (χ0) is 14.6. The molecule has 1 saturated heterocycles. The monoisotopic (exact) mass is 290 g/mol. The Bertz CT molecular complexity index is 370. The molecule has 0 aromatic carbocycles. The molecule has 0 spiro atoms. The highest BCUT2D eigenvalue weighted by Gasteiger charge is 2.38. The van der Waals surface area contributed by atoms with E-state index >= 15 is 0 Å². The molecule has 0 saturated carbocycles. The lowest BCUT2D eigenvalue weighted by atomic mass is 9.88. The van der Waals surface area contributed by atoms with E-state index in [9.17, 15) is 8.42 Å². The molecule has 0 bridgehead atoms. The minimum absolute atomic E-state index is 0.120. The van der Waals surface area contributed by atoms with Gasteiger partial charge in [0.15, 0.2) is 0 Å². The number of piperidine rings is 1. The molecule has 1 aliphatic heterocycles. The summed E-state index contributed by atoms with van der Waals surface area (Å²) in [5, 5.41) is 2.86. The van der Waals surface area contributed by atoms with Crippen molar-refractivity contribution in [3.8, 4) is 0 Å². The largest absolute Gasteiger partial charge is 0.315 e. The average molecular weight is 290 g/mol. The van der Waals surface area contributed by atoms with Crippen LogP contribution in [-0.2, 0) is 10.0 Å². The molecule has 1 N–H and O–H groups in total. The summed E-state index contributed by atoms with van der Waals surface area (Å²) in [4.78, 5) is 0. The van der Waals surface area contributed by atoms with Crippen LogP contribution in [0, 0.1) is 11.8 Å². The highest BCUT2D eigenvalue weighted by atomic mass is 32.2. The van der Waals surface area contributed by atoms with E-state index in [1.165, 1.54) is 0 Å². The Morgan fingerprint density at radius 3 is 2.53 bits per heavy atom. The Labute approximate surface area is 119 Å². The third-order valence-electron chi connectivity index (χ3n) is 4.24. The molecule has 114 valence electrons. The van der Waals surface area contributed by atoms with Crippen molar-refractivity contribution < 1.29 is 8.42 Å². The molecule has 5 heteroatoms. The summed E-state index contributed by atoms with van der Waals surface area (Å²) < 4.78 is 27.1. The van der Waals surface area contributed by atoms with Gasteiger partial charge in [-0.05, 0) is 45.1 Å². The smallest absolute Gasteiger partial charge is 0.218 e. The highest BCUT2D eigenvalue weighted by Crippen LogP contribution is 2.30. The summed E-state index contributed by atoms with van der Waals surface area (Å²) >= 11 is 0. The van der Waals surface area contributed by atoms with Crippen molar-refractivity contribution in [1.82, 2.24) is 9.62 Å². The fraction of sp³-hybridized carbons (Fsp3) is 1.00. The van der Waals surface area contributed by atoms with Gasteiger partial charge in [-0.25, -0.2) is 8.42 Å². The van der Waals surface area contributed by atoms with E-state index in [1.807, 2.05) is 13.8 Å². The number of nitrogens with one attached hydrogen (secondary N) is 1. The van der Waals surface area contributed by atoms with Gasteiger partial charge in [-0.15, -0.1) is 0 Å². The van der Waals surface area contributed by atoms with Crippen molar-refractivity contribution in [2.24, 2.45) is 11.8 Å². The molecular weight excluding hydrogens is 260 g/mol. The minimum atomic E-state index is -3.19. The summed E-state index contributed by atoms with van der Waals surface area (Å²) in [5.41, 5.74) is 0. The van der Waals surface area contributed by atoms with Gasteiger partial charge in [0.05, 0.1) is 5.25 Å². The summed E-state index contributed by atoms with van der Waals surface area (Å²) in [7, 11) is -3.19. The van der Waals surface area contributed by atoms with Crippen molar-refractivity contribution in [2.45, 2.75) is 58.8 Å². The zero-order valence-electron chi connectivity index (χ0n) is 13.0. The topological polar surface area (TPSA) is 49.4 Å². The molecule has 19 heavy (non-hydrogen) atoms. The van der Waals surface area contributed by atoms with Gasteiger partial charge in [0.1, 0.15) is 0 Å². The van der Waals surface area contributed by atoms with Crippen LogP contribution in [0.15, 0.2) is 0 Å². The molecule has 0 amide bonds. The summed E-state index contributed by atoms with van der Waals surface area (Å²) in [6.45, 7) is 12.3. The van der Waals surface area contributed by atoms with E-state index < -0.39 is 10.0 Å². The molecule has 4 unspecified atom stereocenters. The fourth-order valence-electron chi connectivity index (χ4n) is 2.82. The lowest BCUT2D eigenvalue weighted by Crippen LogP contribution is -2.52. The standard InChI is InChI=1S/C14H30N2O2S/c1-6-7-15-9-13(4)19(17,18)16-10-11(2)8-12(3)14(16)5/h11-15H,6-10H2,1-5H3. The molecule has 4 nitrogen and oxygen atoms in total. The first-order valence-corrected chi connectivity index (χ1v) is 9.02. The lowest BCUT2D eigenvalue weighted by molar-refractivity contribution is 0.156. The fourth-order valence-corrected chi connectivity index (χ4v) is 4.74. The van der Waals surface area contributed by atoms with Gasteiger partial charge in [-0.1, -0.05) is 20.8 Å². The normalized spacial score (nSPS) is 31.3. The van der Waals surface area contributed by atoms with Gasteiger partial charge in [0.2, 0.25) is 10.0 Å². The molecule has 1 rings (SSSR count). The van der Waals surface area contributed by atoms with Crippen molar-refractivity contribution in [1.29, 1.82) is 0 Å². The van der Waals surface area contributed by atoms with Crippen LogP contribution < -0.4 is 5.32 Å². The van der Waals surface area contributed by atoms with Crippen LogP contribution in [0.2, 0.25) is 0 Å². The third-order valence-corrected chi connectivity index (χ3v) is 6.56. The number of hydrogen-bond acceptors (Lipinski definition) is 3. The van der Waals surface area contributed by atoms with Gasteiger partial charge in [0, 0.05) is 19.1 Å². The number of nitrogens with zero attached hydrogens (tertiary/aromatic N) is 1. The van der Waals surface area contributed by atoms with Gasteiger partial charge < -0.3 is 5.32 Å². The third kappa shape index (κ3) is 4.17. The number of sulfonamides is 1. The molecule has 1 aliphatic rings. The summed E-state index contributed by atoms with van der Waals surface area (Å²) in [5.74, 6) is 0.895. The Morgan fingerprint density at radius 2 is 1.95 bits per heavy atom. The second kappa shape index (κ2) is 7.04. The van der Waals surface area contributed by atoms with Crippen LogP contribution in [0.1, 0.15) is 47.5 Å². The van der Waals surface area contributed by atoms with E-state index in [-0.39, 0.29) is 11.3 Å².